The predicted molar refractivity (Wildman–Crippen MR) is 217 cm³/mol. The summed E-state index contributed by atoms with van der Waals surface area (Å²) in [6.07, 6.45) is 11.9. The number of hydrogen-bond acceptors (Lipinski definition) is 5. The van der Waals surface area contributed by atoms with Crippen molar-refractivity contribution in [3.63, 3.8) is 0 Å². The number of carbonyl (C=O) groups is 4. The molecule has 304 valence electrons. The van der Waals surface area contributed by atoms with E-state index in [2.05, 4.69) is 66.8 Å². The first-order valence-electron chi connectivity index (χ1n) is 21.1. The van der Waals surface area contributed by atoms with Gasteiger partial charge in [-0.05, 0) is 141 Å². The number of ketones is 1. The molecule has 11 atom stereocenters. The second-order valence-electron chi connectivity index (χ2n) is 21.2. The number of carbonyl (C=O) groups excluding carboxylic acids is 3. The lowest BCUT2D eigenvalue weighted by Crippen LogP contribution is -2.68. The molecule has 0 aliphatic heterocycles. The van der Waals surface area contributed by atoms with Gasteiger partial charge in [-0.1, -0.05) is 85.2 Å². The predicted octanol–water partition coefficient (Wildman–Crippen LogP) is 10.8. The Balaban J connectivity index is 1.28. The zero-order valence-electron chi connectivity index (χ0n) is 35.4. The highest BCUT2D eigenvalue weighted by Gasteiger charge is 2.75. The number of ether oxygens (including phenoxy) is 1. The van der Waals surface area contributed by atoms with Gasteiger partial charge >= 0.3 is 11.9 Å². The van der Waals surface area contributed by atoms with Gasteiger partial charge in [0.15, 0.2) is 0 Å². The third kappa shape index (κ3) is 6.43. The molecule has 7 nitrogen and oxygen atoms in total. The van der Waals surface area contributed by atoms with Crippen LogP contribution in [0.15, 0.2) is 36.4 Å². The number of carboxylic acid groups (broad SMARTS) is 1. The van der Waals surface area contributed by atoms with Crippen LogP contribution in [0.1, 0.15) is 152 Å². The van der Waals surface area contributed by atoms with Crippen LogP contribution in [0.3, 0.4) is 0 Å². The van der Waals surface area contributed by atoms with E-state index in [1.807, 2.05) is 31.2 Å². The van der Waals surface area contributed by atoms with Crippen molar-refractivity contribution in [1.82, 2.24) is 5.32 Å². The molecule has 5 aliphatic carbocycles. The molecule has 0 radical (unpaired) electrons. The molecule has 2 N–H and O–H groups in total. The first kappa shape index (κ1) is 41.9. The Kier molecular flexibility index (Phi) is 10.7. The summed E-state index contributed by atoms with van der Waals surface area (Å²) in [5, 5.41) is 13.4. The van der Waals surface area contributed by atoms with Gasteiger partial charge in [-0.25, -0.2) is 0 Å². The molecule has 0 bridgehead atoms. The van der Waals surface area contributed by atoms with Gasteiger partial charge in [-0.2, -0.15) is 0 Å². The summed E-state index contributed by atoms with van der Waals surface area (Å²) in [5.41, 5.74) is -1.02. The summed E-state index contributed by atoms with van der Waals surface area (Å²) >= 11 is 6.25. The van der Waals surface area contributed by atoms with E-state index >= 15 is 0 Å². The van der Waals surface area contributed by atoms with Crippen LogP contribution >= 0.6 is 11.6 Å². The number of hydrogen-bond donors (Lipinski definition) is 2. The summed E-state index contributed by atoms with van der Waals surface area (Å²) in [6, 6.07) is 7.38. The SMILES string of the molecule is CC(C)C1C(=O)C[C@]2(/C=C/C(=O)N[C@@H](C)c3cccc(Cl)c3)CC[C@]3(C)[C@H](CC[C@@H]4[C@@]5(C)CC[C@H](OC(=O)CC(C)(C)C(=O)O)C(C)(C)[C@@H]5CC[C@]43C)[C@]12C. The number of nitrogens with one attached hydrogen (secondary N) is 1. The number of esters is 1. The minimum absolute atomic E-state index is 0.00691. The number of aliphatic carboxylic acids is 1. The van der Waals surface area contributed by atoms with Gasteiger partial charge in [-0.3, -0.25) is 19.2 Å². The molecule has 1 unspecified atom stereocenters. The second kappa shape index (κ2) is 14.0. The lowest BCUT2D eigenvalue weighted by atomic mass is 9.30. The number of carboxylic acids is 1. The van der Waals surface area contributed by atoms with Crippen molar-refractivity contribution < 1.29 is 29.0 Å². The number of halogens is 1. The van der Waals surface area contributed by atoms with Crippen molar-refractivity contribution in [2.45, 2.75) is 153 Å². The molecule has 5 fully saturated rings. The van der Waals surface area contributed by atoms with Crippen molar-refractivity contribution in [3.05, 3.63) is 47.0 Å². The normalized spacial score (nSPS) is 40.1. The summed E-state index contributed by atoms with van der Waals surface area (Å²) in [6.45, 7) is 24.2. The summed E-state index contributed by atoms with van der Waals surface area (Å²) in [5.74, 6) is 0.0992. The molecule has 1 aromatic carbocycles. The average Bonchev–Trinajstić information content (AvgIpc) is 3.31. The summed E-state index contributed by atoms with van der Waals surface area (Å²) in [4.78, 5) is 52.7. The maximum absolute atomic E-state index is 14.3. The van der Waals surface area contributed by atoms with Crippen LogP contribution < -0.4 is 5.32 Å². The van der Waals surface area contributed by atoms with E-state index in [1.165, 1.54) is 0 Å². The molecular weight excluding hydrogens is 710 g/mol. The van der Waals surface area contributed by atoms with Crippen LogP contribution in [-0.4, -0.2) is 34.8 Å². The second-order valence-corrected chi connectivity index (χ2v) is 21.7. The first-order chi connectivity index (χ1) is 25.4. The number of rotatable bonds is 9. The van der Waals surface area contributed by atoms with E-state index in [9.17, 15) is 24.3 Å². The Labute approximate surface area is 335 Å². The minimum atomic E-state index is -1.17. The van der Waals surface area contributed by atoms with Gasteiger partial charge in [0.25, 0.3) is 0 Å². The molecule has 0 heterocycles. The molecule has 6 rings (SSSR count). The highest BCUT2D eigenvalue weighted by atomic mass is 35.5. The lowest BCUT2D eigenvalue weighted by Gasteiger charge is -2.74. The van der Waals surface area contributed by atoms with Crippen molar-refractivity contribution in [3.8, 4) is 0 Å². The Morgan fingerprint density at radius 3 is 2.22 bits per heavy atom. The van der Waals surface area contributed by atoms with E-state index in [0.717, 1.165) is 56.9 Å². The number of Topliss-reactive ketones (excluding diaryl/α,β-unsaturated/α-hetero) is 1. The minimum Gasteiger partial charge on any atom is -0.481 e. The van der Waals surface area contributed by atoms with Gasteiger partial charge < -0.3 is 15.2 Å². The first-order valence-corrected chi connectivity index (χ1v) is 21.5. The van der Waals surface area contributed by atoms with E-state index in [0.29, 0.717) is 35.0 Å². The maximum Gasteiger partial charge on any atom is 0.309 e. The van der Waals surface area contributed by atoms with Crippen LogP contribution in [0.25, 0.3) is 0 Å². The Hall–Kier alpha value is -2.67. The number of amides is 1. The van der Waals surface area contributed by atoms with Crippen LogP contribution in [0.2, 0.25) is 5.02 Å². The van der Waals surface area contributed by atoms with Gasteiger partial charge in [0.1, 0.15) is 11.9 Å². The van der Waals surface area contributed by atoms with Gasteiger partial charge in [0.05, 0.1) is 17.9 Å². The average molecular weight is 779 g/mol. The van der Waals surface area contributed by atoms with Gasteiger partial charge in [-0.15, -0.1) is 0 Å². The quantitative estimate of drug-likeness (QED) is 0.191. The Bertz CT molecular complexity index is 1750. The molecule has 0 saturated heterocycles. The topological polar surface area (TPSA) is 110 Å². The van der Waals surface area contributed by atoms with Crippen LogP contribution in [0, 0.1) is 67.5 Å². The van der Waals surface area contributed by atoms with Crippen LogP contribution in [0.4, 0.5) is 0 Å². The molecule has 0 aromatic heterocycles. The van der Waals surface area contributed by atoms with Crippen molar-refractivity contribution >= 4 is 35.2 Å². The zero-order chi connectivity index (χ0) is 40.7. The standard InChI is InChI=1S/C47H68ClNO6/c1-28(2)39-32(50)26-47(22-19-37(51)49-29(3)30-13-12-14-31(48)25-30)24-23-45(10)35(46(39,47)11)16-15-34-43(8)20-18-36(55-38(52)27-41(4,5)40(53)54)42(6,7)33(43)17-21-44(34,45)9/h12-14,19,22,25,28-29,33-36,39H,15-18,20-21,23-24,26-27H2,1-11H3,(H,49,51)(H,53,54)/b22-19+/t29-,33-,34+,35-,36-,39?,43-,44+,45+,46+,47-/m0/s1. The van der Waals surface area contributed by atoms with E-state index in [-0.39, 0.29) is 68.8 Å². The highest BCUT2D eigenvalue weighted by molar-refractivity contribution is 6.30. The van der Waals surface area contributed by atoms with E-state index < -0.39 is 17.4 Å². The van der Waals surface area contributed by atoms with Gasteiger partial charge in [0.2, 0.25) is 5.91 Å². The summed E-state index contributed by atoms with van der Waals surface area (Å²) in [7, 11) is 0. The molecule has 1 aromatic rings. The third-order valence-corrected chi connectivity index (χ3v) is 17.8. The van der Waals surface area contributed by atoms with Crippen molar-refractivity contribution in [2.24, 2.45) is 67.5 Å². The largest absolute Gasteiger partial charge is 0.481 e. The van der Waals surface area contributed by atoms with E-state index in [1.54, 1.807) is 19.9 Å². The molecule has 5 saturated carbocycles. The van der Waals surface area contributed by atoms with E-state index in [4.69, 9.17) is 16.3 Å². The highest BCUT2D eigenvalue weighted by Crippen LogP contribution is 2.80. The van der Waals surface area contributed by atoms with Crippen LogP contribution in [-0.2, 0) is 23.9 Å². The maximum atomic E-state index is 14.3. The van der Waals surface area contributed by atoms with Crippen LogP contribution in [0.5, 0.6) is 0 Å². The zero-order valence-corrected chi connectivity index (χ0v) is 36.2. The smallest absolute Gasteiger partial charge is 0.309 e. The molecule has 0 spiro atoms. The fourth-order valence-corrected chi connectivity index (χ4v) is 14.8. The van der Waals surface area contributed by atoms with Crippen molar-refractivity contribution in [2.75, 3.05) is 0 Å². The Morgan fingerprint density at radius 2 is 1.58 bits per heavy atom. The Morgan fingerprint density at radius 1 is 0.927 bits per heavy atom. The number of fused-ring (bicyclic) bond motifs is 7. The number of benzene rings is 1. The lowest BCUT2D eigenvalue weighted by molar-refractivity contribution is -0.263. The third-order valence-electron chi connectivity index (χ3n) is 17.5. The fraction of sp³-hybridized carbons (Fsp3) is 0.745. The molecule has 5 aliphatic rings. The monoisotopic (exact) mass is 777 g/mol. The van der Waals surface area contributed by atoms with Gasteiger partial charge in [0, 0.05) is 28.2 Å². The molecular formula is C47H68ClNO6. The molecule has 8 heteroatoms. The van der Waals surface area contributed by atoms with Crippen molar-refractivity contribution in [1.29, 1.82) is 0 Å². The fourth-order valence-electron chi connectivity index (χ4n) is 14.6. The number of allylic oxidation sites excluding steroid dienone is 1. The molecule has 55 heavy (non-hydrogen) atoms. The summed E-state index contributed by atoms with van der Waals surface area (Å²) < 4.78 is 6.18. The molecule has 1 amide bonds.